The Morgan fingerprint density at radius 1 is 1.00 bits per heavy atom. The van der Waals surface area contributed by atoms with Crippen LogP contribution in [0.25, 0.3) is 0 Å². The van der Waals surface area contributed by atoms with E-state index < -0.39 is 6.04 Å². The molecule has 25 heavy (non-hydrogen) atoms. The third kappa shape index (κ3) is 2.45. The van der Waals surface area contributed by atoms with Crippen molar-refractivity contribution < 1.29 is 14.4 Å². The molecule has 2 atom stereocenters. The van der Waals surface area contributed by atoms with Gasteiger partial charge in [-0.15, -0.1) is 0 Å². The van der Waals surface area contributed by atoms with Gasteiger partial charge in [-0.1, -0.05) is 12.1 Å². The lowest BCUT2D eigenvalue weighted by Gasteiger charge is -2.22. The van der Waals surface area contributed by atoms with Gasteiger partial charge < -0.3 is 9.80 Å². The van der Waals surface area contributed by atoms with Crippen LogP contribution in [0.5, 0.6) is 0 Å². The van der Waals surface area contributed by atoms with Gasteiger partial charge in [0.25, 0.3) is 5.91 Å². The van der Waals surface area contributed by atoms with Crippen LogP contribution in [0.4, 0.5) is 4.79 Å². The lowest BCUT2D eigenvalue weighted by Crippen LogP contribution is -2.46. The monoisotopic (exact) mass is 338 g/mol. The van der Waals surface area contributed by atoms with Crippen molar-refractivity contribution in [2.24, 2.45) is 0 Å². The van der Waals surface area contributed by atoms with Crippen molar-refractivity contribution in [1.82, 2.24) is 14.7 Å². The highest BCUT2D eigenvalue weighted by Gasteiger charge is 2.53. The van der Waals surface area contributed by atoms with Crippen molar-refractivity contribution in [2.75, 3.05) is 13.1 Å². The van der Waals surface area contributed by atoms with E-state index in [-0.39, 0.29) is 23.9 Å². The van der Waals surface area contributed by atoms with Gasteiger partial charge in [-0.2, -0.15) is 5.26 Å². The van der Waals surface area contributed by atoms with Crippen LogP contribution in [-0.4, -0.2) is 57.7 Å². The highest BCUT2D eigenvalue weighted by molar-refractivity contribution is 6.08. The van der Waals surface area contributed by atoms with Crippen LogP contribution in [0.1, 0.15) is 30.4 Å². The Balaban J connectivity index is 1.47. The lowest BCUT2D eigenvalue weighted by atomic mass is 10.1. The number of carbonyl (C=O) groups excluding carboxylic acids is 3. The fraction of sp³-hybridized carbons (Fsp3) is 0.444. The molecule has 3 heterocycles. The molecule has 0 bridgehead atoms. The summed E-state index contributed by atoms with van der Waals surface area (Å²) in [7, 11) is 0. The maximum absolute atomic E-state index is 12.7. The fourth-order valence-corrected chi connectivity index (χ4v) is 3.96. The van der Waals surface area contributed by atoms with Gasteiger partial charge in [0.05, 0.1) is 11.6 Å². The number of nitrogens with zero attached hydrogens (tertiary/aromatic N) is 4. The van der Waals surface area contributed by atoms with E-state index in [1.165, 1.54) is 4.90 Å². The summed E-state index contributed by atoms with van der Waals surface area (Å²) < 4.78 is 0. The number of benzene rings is 1. The first-order chi connectivity index (χ1) is 12.1. The molecule has 1 aromatic carbocycles. The molecular weight excluding hydrogens is 320 g/mol. The zero-order chi connectivity index (χ0) is 17.6. The first-order valence-corrected chi connectivity index (χ1v) is 8.51. The molecule has 0 N–H and O–H groups in total. The molecule has 0 radical (unpaired) electrons. The molecule has 1 aromatic rings. The first-order valence-electron chi connectivity index (χ1n) is 8.51. The van der Waals surface area contributed by atoms with Crippen LogP contribution in [-0.2, 0) is 16.1 Å². The van der Waals surface area contributed by atoms with Crippen LogP contribution in [0.3, 0.4) is 0 Å². The Morgan fingerprint density at radius 2 is 1.76 bits per heavy atom. The van der Waals surface area contributed by atoms with Crippen LogP contribution < -0.4 is 0 Å². The minimum absolute atomic E-state index is 0.174. The molecule has 3 saturated heterocycles. The second-order valence-corrected chi connectivity index (χ2v) is 6.72. The Hall–Kier alpha value is -2.88. The van der Waals surface area contributed by atoms with Crippen LogP contribution in [0.15, 0.2) is 24.3 Å². The summed E-state index contributed by atoms with van der Waals surface area (Å²) in [5.74, 6) is -0.395. The number of hydrogen-bond donors (Lipinski definition) is 0. The first kappa shape index (κ1) is 15.6. The number of fused-ring (bicyclic) bond motifs is 1. The average molecular weight is 338 g/mol. The molecule has 4 rings (SSSR count). The Morgan fingerprint density at radius 3 is 2.44 bits per heavy atom. The predicted octanol–water partition coefficient (Wildman–Crippen LogP) is 1.09. The molecule has 3 aliphatic rings. The zero-order valence-electron chi connectivity index (χ0n) is 13.7. The summed E-state index contributed by atoms with van der Waals surface area (Å²) in [6.07, 6.45) is 2.02. The standard InChI is InChI=1S/C18H18N4O3/c19-10-12-3-5-13(6-4-12)11-20-9-7-15(16(20)23)22-17(24)14-2-1-8-21(14)18(22)25/h3-6,14-15H,1-2,7-9,11H2/t14-,15-/m1/s1. The van der Waals surface area contributed by atoms with Gasteiger partial charge in [0.1, 0.15) is 12.1 Å². The zero-order valence-corrected chi connectivity index (χ0v) is 13.7. The minimum atomic E-state index is -0.677. The van der Waals surface area contributed by atoms with Crippen molar-refractivity contribution in [3.05, 3.63) is 35.4 Å². The maximum Gasteiger partial charge on any atom is 0.328 e. The quantitative estimate of drug-likeness (QED) is 0.772. The summed E-state index contributed by atoms with van der Waals surface area (Å²) in [6, 6.07) is 7.78. The Bertz CT molecular complexity index is 761. The second-order valence-electron chi connectivity index (χ2n) is 6.72. The van der Waals surface area contributed by atoms with Crippen molar-refractivity contribution in [2.45, 2.75) is 37.9 Å². The normalized spacial score (nSPS) is 25.7. The molecule has 4 amide bonds. The molecule has 0 spiro atoms. The van der Waals surface area contributed by atoms with Gasteiger partial charge in [-0.05, 0) is 37.0 Å². The van der Waals surface area contributed by atoms with E-state index in [2.05, 4.69) is 6.07 Å². The number of nitriles is 1. The van der Waals surface area contributed by atoms with Crippen molar-refractivity contribution in [3.8, 4) is 6.07 Å². The third-order valence-electron chi connectivity index (χ3n) is 5.26. The molecule has 0 saturated carbocycles. The average Bonchev–Trinajstić information content (AvgIpc) is 3.29. The minimum Gasteiger partial charge on any atom is -0.336 e. The molecule has 0 aliphatic carbocycles. The predicted molar refractivity (Wildman–Crippen MR) is 86.9 cm³/mol. The Kier molecular flexibility index (Phi) is 3.68. The summed E-state index contributed by atoms with van der Waals surface area (Å²) >= 11 is 0. The van der Waals surface area contributed by atoms with E-state index in [0.29, 0.717) is 38.0 Å². The van der Waals surface area contributed by atoms with E-state index in [1.54, 1.807) is 21.9 Å². The smallest absolute Gasteiger partial charge is 0.328 e. The second kappa shape index (κ2) is 5.88. The van der Waals surface area contributed by atoms with Crippen molar-refractivity contribution in [3.63, 3.8) is 0 Å². The molecule has 128 valence electrons. The number of rotatable bonds is 3. The third-order valence-corrected chi connectivity index (χ3v) is 5.26. The Labute approximate surface area is 145 Å². The van der Waals surface area contributed by atoms with Crippen molar-refractivity contribution in [1.29, 1.82) is 5.26 Å². The molecular formula is C18H18N4O3. The van der Waals surface area contributed by atoms with E-state index >= 15 is 0 Å². The highest BCUT2D eigenvalue weighted by Crippen LogP contribution is 2.31. The van der Waals surface area contributed by atoms with Crippen LogP contribution in [0, 0.1) is 11.3 Å². The number of likely N-dealkylation sites (tertiary alicyclic amines) is 1. The summed E-state index contributed by atoms with van der Waals surface area (Å²) in [5, 5.41) is 8.84. The maximum atomic E-state index is 12.7. The van der Waals surface area contributed by atoms with E-state index in [9.17, 15) is 14.4 Å². The summed E-state index contributed by atoms with van der Waals surface area (Å²) in [4.78, 5) is 42.2. The molecule has 7 nitrogen and oxygen atoms in total. The molecule has 7 heteroatoms. The number of hydrogen-bond acceptors (Lipinski definition) is 4. The lowest BCUT2D eigenvalue weighted by molar-refractivity contribution is -0.138. The number of urea groups is 1. The van der Waals surface area contributed by atoms with Crippen LogP contribution >= 0.6 is 0 Å². The molecule has 0 unspecified atom stereocenters. The van der Waals surface area contributed by atoms with Gasteiger partial charge >= 0.3 is 6.03 Å². The number of imide groups is 1. The topological polar surface area (TPSA) is 84.7 Å². The fourth-order valence-electron chi connectivity index (χ4n) is 3.96. The van der Waals surface area contributed by atoms with Gasteiger partial charge in [-0.3, -0.25) is 9.59 Å². The molecule has 0 aromatic heterocycles. The van der Waals surface area contributed by atoms with Gasteiger partial charge in [0, 0.05) is 19.6 Å². The van der Waals surface area contributed by atoms with Crippen molar-refractivity contribution >= 4 is 17.8 Å². The largest absolute Gasteiger partial charge is 0.336 e. The van der Waals surface area contributed by atoms with E-state index in [1.807, 2.05) is 12.1 Å². The van der Waals surface area contributed by atoms with Gasteiger partial charge in [0.2, 0.25) is 5.91 Å². The summed E-state index contributed by atoms with van der Waals surface area (Å²) in [5.41, 5.74) is 1.50. The summed E-state index contributed by atoms with van der Waals surface area (Å²) in [6.45, 7) is 1.54. The molecule has 3 aliphatic heterocycles. The highest BCUT2D eigenvalue weighted by atomic mass is 16.2. The van der Waals surface area contributed by atoms with E-state index in [0.717, 1.165) is 12.0 Å². The van der Waals surface area contributed by atoms with Gasteiger partial charge in [-0.25, -0.2) is 9.69 Å². The van der Waals surface area contributed by atoms with E-state index in [4.69, 9.17) is 5.26 Å². The van der Waals surface area contributed by atoms with Gasteiger partial charge in [0.15, 0.2) is 0 Å². The molecule has 3 fully saturated rings. The number of amides is 4. The number of carbonyl (C=O) groups is 3. The SMILES string of the molecule is N#Cc1ccc(CN2CC[C@@H](N3C(=O)[C@H]4CCCN4C3=O)C2=O)cc1. The van der Waals surface area contributed by atoms with Crippen LogP contribution in [0.2, 0.25) is 0 Å².